The Balaban J connectivity index is 1.42. The van der Waals surface area contributed by atoms with Crippen LogP contribution >= 0.6 is 0 Å². The summed E-state index contributed by atoms with van der Waals surface area (Å²) in [5.41, 5.74) is 1.22. The molecular weight excluding hydrogens is 420 g/mol. The average Bonchev–Trinajstić information content (AvgIpc) is 2.84. The van der Waals surface area contributed by atoms with Crippen LogP contribution in [0.5, 0.6) is 0 Å². The maximum Gasteiger partial charge on any atom is 0.251 e. The van der Waals surface area contributed by atoms with E-state index in [1.54, 1.807) is 18.3 Å². The first-order valence-corrected chi connectivity index (χ1v) is 11.7. The van der Waals surface area contributed by atoms with Gasteiger partial charge in [0.1, 0.15) is 5.82 Å². The van der Waals surface area contributed by atoms with Gasteiger partial charge in [-0.2, -0.15) is 4.31 Å². The molecule has 1 amide bonds. The third kappa shape index (κ3) is 5.21. The van der Waals surface area contributed by atoms with Crippen LogP contribution in [-0.2, 0) is 26.0 Å². The average molecular weight is 447 g/mol. The van der Waals surface area contributed by atoms with E-state index in [9.17, 15) is 13.2 Å². The Hall–Kier alpha value is -2.53. The van der Waals surface area contributed by atoms with Gasteiger partial charge in [-0.1, -0.05) is 6.07 Å². The molecule has 0 atom stereocenters. The fourth-order valence-electron chi connectivity index (χ4n) is 3.55. The van der Waals surface area contributed by atoms with E-state index < -0.39 is 10.0 Å². The minimum atomic E-state index is -3.65. The van der Waals surface area contributed by atoms with E-state index in [1.165, 1.54) is 16.4 Å². The fourth-order valence-corrected chi connectivity index (χ4v) is 5.01. The Morgan fingerprint density at radius 1 is 1.00 bits per heavy atom. The number of nitrogens with zero attached hydrogens (tertiary/aromatic N) is 3. The monoisotopic (exact) mass is 446 g/mol. The van der Waals surface area contributed by atoms with E-state index in [0.29, 0.717) is 51.6 Å². The molecule has 2 fully saturated rings. The first kappa shape index (κ1) is 21.7. The van der Waals surface area contributed by atoms with Crippen molar-refractivity contribution in [3.8, 4) is 0 Å². The lowest BCUT2D eigenvalue weighted by atomic mass is 10.2. The molecule has 1 aromatic carbocycles. The van der Waals surface area contributed by atoms with Gasteiger partial charge in [-0.15, -0.1) is 0 Å². The molecule has 3 heterocycles. The highest BCUT2D eigenvalue weighted by Crippen LogP contribution is 2.19. The maximum absolute atomic E-state index is 12.8. The molecule has 166 valence electrons. The molecule has 1 N–H and O–H groups in total. The summed E-state index contributed by atoms with van der Waals surface area (Å²) in [5, 5.41) is 2.87. The van der Waals surface area contributed by atoms with Crippen molar-refractivity contribution >= 4 is 21.7 Å². The highest BCUT2D eigenvalue weighted by molar-refractivity contribution is 7.89. The van der Waals surface area contributed by atoms with E-state index in [-0.39, 0.29) is 10.8 Å². The Morgan fingerprint density at radius 2 is 1.71 bits per heavy atom. The van der Waals surface area contributed by atoms with Crippen molar-refractivity contribution in [1.29, 1.82) is 0 Å². The number of carbonyl (C=O) groups is 1. The van der Waals surface area contributed by atoms with Crippen LogP contribution in [0.1, 0.15) is 15.9 Å². The lowest BCUT2D eigenvalue weighted by molar-refractivity contribution is 0.0730. The van der Waals surface area contributed by atoms with Crippen molar-refractivity contribution in [1.82, 2.24) is 14.6 Å². The normalized spacial score (nSPS) is 18.0. The zero-order valence-electron chi connectivity index (χ0n) is 17.2. The summed E-state index contributed by atoms with van der Waals surface area (Å²) < 4.78 is 37.7. The van der Waals surface area contributed by atoms with Crippen LogP contribution in [-0.4, -0.2) is 76.2 Å². The molecule has 0 saturated carbocycles. The lowest BCUT2D eigenvalue weighted by Gasteiger charge is -2.28. The van der Waals surface area contributed by atoms with Crippen molar-refractivity contribution in [2.24, 2.45) is 0 Å². The highest BCUT2D eigenvalue weighted by atomic mass is 32.2. The third-order valence-corrected chi connectivity index (χ3v) is 7.20. The minimum absolute atomic E-state index is 0.112. The zero-order valence-corrected chi connectivity index (χ0v) is 18.0. The Morgan fingerprint density at radius 3 is 2.45 bits per heavy atom. The van der Waals surface area contributed by atoms with Gasteiger partial charge in [0.25, 0.3) is 5.91 Å². The highest BCUT2D eigenvalue weighted by Gasteiger charge is 2.26. The number of pyridine rings is 1. The molecule has 2 aliphatic rings. The number of amides is 1. The van der Waals surface area contributed by atoms with Crippen molar-refractivity contribution in [2.75, 3.05) is 57.5 Å². The molecule has 4 rings (SSSR count). The van der Waals surface area contributed by atoms with E-state index >= 15 is 0 Å². The predicted octanol–water partition coefficient (Wildman–Crippen LogP) is 0.869. The number of aromatic nitrogens is 1. The summed E-state index contributed by atoms with van der Waals surface area (Å²) in [4.78, 5) is 19.3. The van der Waals surface area contributed by atoms with Gasteiger partial charge in [-0.3, -0.25) is 4.79 Å². The first-order valence-electron chi connectivity index (χ1n) is 10.3. The molecule has 2 aromatic rings. The van der Waals surface area contributed by atoms with Gasteiger partial charge in [-0.05, 0) is 35.9 Å². The fraction of sp³-hybridized carbons (Fsp3) is 0.429. The molecule has 0 unspecified atom stereocenters. The van der Waals surface area contributed by atoms with E-state index in [4.69, 9.17) is 9.47 Å². The summed E-state index contributed by atoms with van der Waals surface area (Å²) >= 11 is 0. The van der Waals surface area contributed by atoms with Crippen LogP contribution in [0.4, 0.5) is 5.82 Å². The van der Waals surface area contributed by atoms with Gasteiger partial charge in [-0.25, -0.2) is 13.4 Å². The standard InChI is InChI=1S/C21H26N4O5S/c26-21(23-16-17-4-5-22-20(14-17)24-6-10-29-11-7-24)18-2-1-3-19(15-18)31(27,28)25-8-12-30-13-9-25/h1-5,14-15H,6-13,16H2,(H,23,26). The van der Waals surface area contributed by atoms with Gasteiger partial charge in [0.05, 0.1) is 31.3 Å². The summed E-state index contributed by atoms with van der Waals surface area (Å²) in [6.45, 7) is 4.60. The Kier molecular flexibility index (Phi) is 6.81. The second-order valence-electron chi connectivity index (χ2n) is 7.35. The molecule has 0 radical (unpaired) electrons. The molecule has 2 saturated heterocycles. The van der Waals surface area contributed by atoms with Crippen LogP contribution in [0.15, 0.2) is 47.5 Å². The SMILES string of the molecule is O=C(NCc1ccnc(N2CCOCC2)c1)c1cccc(S(=O)(=O)N2CCOCC2)c1. The number of rotatable bonds is 6. The number of hydrogen-bond acceptors (Lipinski definition) is 7. The lowest BCUT2D eigenvalue weighted by Crippen LogP contribution is -2.40. The van der Waals surface area contributed by atoms with Gasteiger partial charge in [0.2, 0.25) is 10.0 Å². The number of carbonyl (C=O) groups excluding carboxylic acids is 1. The minimum Gasteiger partial charge on any atom is -0.379 e. The molecule has 31 heavy (non-hydrogen) atoms. The maximum atomic E-state index is 12.8. The van der Waals surface area contributed by atoms with Gasteiger partial charge in [0, 0.05) is 44.5 Å². The molecular formula is C21H26N4O5S. The quantitative estimate of drug-likeness (QED) is 0.703. The van der Waals surface area contributed by atoms with E-state index in [1.807, 2.05) is 12.1 Å². The van der Waals surface area contributed by atoms with Crippen molar-refractivity contribution in [3.63, 3.8) is 0 Å². The van der Waals surface area contributed by atoms with Crippen LogP contribution in [0.25, 0.3) is 0 Å². The number of hydrogen-bond donors (Lipinski definition) is 1. The summed E-state index contributed by atoms with van der Waals surface area (Å²) in [5.74, 6) is 0.525. The third-order valence-electron chi connectivity index (χ3n) is 5.30. The molecule has 0 bridgehead atoms. The van der Waals surface area contributed by atoms with Gasteiger partial charge < -0.3 is 19.7 Å². The predicted molar refractivity (Wildman–Crippen MR) is 114 cm³/mol. The summed E-state index contributed by atoms with van der Waals surface area (Å²) in [6.07, 6.45) is 1.72. The topological polar surface area (TPSA) is 101 Å². The van der Waals surface area contributed by atoms with Crippen molar-refractivity contribution < 1.29 is 22.7 Å². The van der Waals surface area contributed by atoms with E-state index in [2.05, 4.69) is 15.2 Å². The number of anilines is 1. The number of ether oxygens (including phenoxy) is 2. The van der Waals surface area contributed by atoms with Crippen LogP contribution in [0.2, 0.25) is 0 Å². The van der Waals surface area contributed by atoms with Gasteiger partial charge >= 0.3 is 0 Å². The smallest absolute Gasteiger partial charge is 0.251 e. The number of sulfonamides is 1. The number of nitrogens with one attached hydrogen (secondary N) is 1. The molecule has 10 heteroatoms. The second-order valence-corrected chi connectivity index (χ2v) is 9.29. The molecule has 9 nitrogen and oxygen atoms in total. The number of benzene rings is 1. The van der Waals surface area contributed by atoms with Crippen molar-refractivity contribution in [3.05, 3.63) is 53.7 Å². The summed E-state index contributed by atoms with van der Waals surface area (Å²) in [6, 6.07) is 9.93. The summed E-state index contributed by atoms with van der Waals surface area (Å²) in [7, 11) is -3.65. The Labute approximate surface area is 182 Å². The number of morpholine rings is 2. The molecule has 2 aliphatic heterocycles. The first-order chi connectivity index (χ1) is 15.0. The zero-order chi connectivity index (χ0) is 21.7. The van der Waals surface area contributed by atoms with Crippen LogP contribution in [0, 0.1) is 0 Å². The Bertz CT molecular complexity index is 1020. The molecule has 1 aromatic heterocycles. The van der Waals surface area contributed by atoms with Crippen LogP contribution in [0.3, 0.4) is 0 Å². The van der Waals surface area contributed by atoms with Gasteiger partial charge in [0.15, 0.2) is 0 Å². The molecule has 0 spiro atoms. The van der Waals surface area contributed by atoms with Crippen LogP contribution < -0.4 is 10.2 Å². The largest absolute Gasteiger partial charge is 0.379 e. The van der Waals surface area contributed by atoms with Crippen molar-refractivity contribution in [2.45, 2.75) is 11.4 Å². The second kappa shape index (κ2) is 9.73. The van der Waals surface area contributed by atoms with E-state index in [0.717, 1.165) is 24.5 Å². The molecule has 0 aliphatic carbocycles.